The van der Waals surface area contributed by atoms with Gasteiger partial charge in [-0.15, -0.1) is 0 Å². The molecule has 1 aromatic carbocycles. The first-order valence-electron chi connectivity index (χ1n) is 8.99. The van der Waals surface area contributed by atoms with Gasteiger partial charge in [-0.25, -0.2) is 4.98 Å². The molecule has 2 amide bonds. The number of nitrogens with zero attached hydrogens (tertiary/aromatic N) is 1. The SMILES string of the molecule is O=C(CC1Cc2ccccc2O1)Nc1ccc(NC(=O)C2CCC2)cn1. The highest BCUT2D eigenvalue weighted by molar-refractivity contribution is 5.93. The molecule has 4 rings (SSSR count). The van der Waals surface area contributed by atoms with Crippen LogP contribution in [0.2, 0.25) is 0 Å². The van der Waals surface area contributed by atoms with E-state index in [-0.39, 0.29) is 30.3 Å². The van der Waals surface area contributed by atoms with Gasteiger partial charge in [-0.05, 0) is 36.6 Å². The summed E-state index contributed by atoms with van der Waals surface area (Å²) in [7, 11) is 0. The van der Waals surface area contributed by atoms with Crippen molar-refractivity contribution in [2.75, 3.05) is 10.6 Å². The minimum Gasteiger partial charge on any atom is -0.489 e. The highest BCUT2D eigenvalue weighted by Gasteiger charge is 2.26. The van der Waals surface area contributed by atoms with Crippen LogP contribution in [0.15, 0.2) is 42.6 Å². The molecular weight excluding hydrogens is 330 g/mol. The third kappa shape index (κ3) is 3.69. The highest BCUT2D eigenvalue weighted by atomic mass is 16.5. The smallest absolute Gasteiger partial charge is 0.229 e. The van der Waals surface area contributed by atoms with Crippen LogP contribution in [0.4, 0.5) is 11.5 Å². The fourth-order valence-corrected chi connectivity index (χ4v) is 3.22. The summed E-state index contributed by atoms with van der Waals surface area (Å²) in [6.45, 7) is 0. The molecule has 1 aliphatic heterocycles. The number of carbonyl (C=O) groups is 2. The molecule has 0 bridgehead atoms. The fourth-order valence-electron chi connectivity index (χ4n) is 3.22. The average molecular weight is 351 g/mol. The number of anilines is 2. The summed E-state index contributed by atoms with van der Waals surface area (Å²) in [5.74, 6) is 1.36. The van der Waals surface area contributed by atoms with Gasteiger partial charge in [-0.3, -0.25) is 9.59 Å². The van der Waals surface area contributed by atoms with Crippen LogP contribution in [-0.2, 0) is 16.0 Å². The van der Waals surface area contributed by atoms with E-state index in [1.54, 1.807) is 18.3 Å². The highest BCUT2D eigenvalue weighted by Crippen LogP contribution is 2.30. The van der Waals surface area contributed by atoms with Crippen LogP contribution in [0, 0.1) is 5.92 Å². The Morgan fingerprint density at radius 3 is 2.65 bits per heavy atom. The van der Waals surface area contributed by atoms with Crippen molar-refractivity contribution < 1.29 is 14.3 Å². The molecular formula is C20H21N3O3. The van der Waals surface area contributed by atoms with Gasteiger partial charge in [-0.2, -0.15) is 0 Å². The number of fused-ring (bicyclic) bond motifs is 1. The number of hydrogen-bond donors (Lipinski definition) is 2. The second-order valence-electron chi connectivity index (χ2n) is 6.85. The third-order valence-corrected chi connectivity index (χ3v) is 4.90. The van der Waals surface area contributed by atoms with Crippen LogP contribution in [0.1, 0.15) is 31.2 Å². The maximum Gasteiger partial charge on any atom is 0.229 e. The number of rotatable bonds is 5. The first-order valence-corrected chi connectivity index (χ1v) is 8.99. The van der Waals surface area contributed by atoms with E-state index < -0.39 is 0 Å². The summed E-state index contributed by atoms with van der Waals surface area (Å²) in [4.78, 5) is 28.3. The third-order valence-electron chi connectivity index (χ3n) is 4.90. The van der Waals surface area contributed by atoms with E-state index in [0.717, 1.165) is 37.0 Å². The number of nitrogens with one attached hydrogen (secondary N) is 2. The number of carbonyl (C=O) groups excluding carboxylic acids is 2. The summed E-state index contributed by atoms with van der Waals surface area (Å²) in [5.41, 5.74) is 1.78. The number of amides is 2. The molecule has 6 nitrogen and oxygen atoms in total. The molecule has 1 saturated carbocycles. The lowest BCUT2D eigenvalue weighted by Gasteiger charge is -2.23. The van der Waals surface area contributed by atoms with Gasteiger partial charge in [-0.1, -0.05) is 24.6 Å². The first-order chi connectivity index (χ1) is 12.7. The number of hydrogen-bond acceptors (Lipinski definition) is 4. The van der Waals surface area contributed by atoms with Gasteiger partial charge in [0.2, 0.25) is 11.8 Å². The zero-order valence-corrected chi connectivity index (χ0v) is 14.4. The Morgan fingerprint density at radius 2 is 1.96 bits per heavy atom. The van der Waals surface area contributed by atoms with Gasteiger partial charge >= 0.3 is 0 Å². The lowest BCUT2D eigenvalue weighted by Crippen LogP contribution is -2.28. The normalized spacial score (nSPS) is 18.4. The van der Waals surface area contributed by atoms with Crippen LogP contribution < -0.4 is 15.4 Å². The second kappa shape index (κ2) is 7.15. The Hall–Kier alpha value is -2.89. The Balaban J connectivity index is 1.27. The Labute approximate surface area is 152 Å². The van der Waals surface area contributed by atoms with Crippen LogP contribution in [0.5, 0.6) is 5.75 Å². The number of benzene rings is 1. The number of pyridine rings is 1. The van der Waals surface area contributed by atoms with Gasteiger partial charge in [0.1, 0.15) is 17.7 Å². The van der Waals surface area contributed by atoms with Gasteiger partial charge in [0.15, 0.2) is 0 Å². The largest absolute Gasteiger partial charge is 0.489 e. The summed E-state index contributed by atoms with van der Waals surface area (Å²) >= 11 is 0. The van der Waals surface area contributed by atoms with Crippen LogP contribution >= 0.6 is 0 Å². The molecule has 6 heteroatoms. The molecule has 0 saturated heterocycles. The molecule has 134 valence electrons. The van der Waals surface area contributed by atoms with Gasteiger partial charge in [0.25, 0.3) is 0 Å². The van der Waals surface area contributed by atoms with Gasteiger partial charge < -0.3 is 15.4 Å². The van der Waals surface area contributed by atoms with E-state index in [9.17, 15) is 9.59 Å². The molecule has 2 heterocycles. The number of ether oxygens (including phenoxy) is 1. The van der Waals surface area contributed by atoms with Crippen molar-refractivity contribution in [2.24, 2.45) is 5.92 Å². The zero-order chi connectivity index (χ0) is 17.9. The van der Waals surface area contributed by atoms with E-state index in [0.29, 0.717) is 11.5 Å². The minimum absolute atomic E-state index is 0.0489. The van der Waals surface area contributed by atoms with E-state index in [1.807, 2.05) is 24.3 Å². The van der Waals surface area contributed by atoms with Crippen LogP contribution in [-0.4, -0.2) is 22.9 Å². The van der Waals surface area contributed by atoms with Crippen molar-refractivity contribution in [1.29, 1.82) is 0 Å². The van der Waals surface area contributed by atoms with E-state index in [1.165, 1.54) is 0 Å². The van der Waals surface area contributed by atoms with Gasteiger partial charge in [0.05, 0.1) is 18.3 Å². The molecule has 1 atom stereocenters. The topological polar surface area (TPSA) is 80.3 Å². The maximum absolute atomic E-state index is 12.2. The predicted octanol–water partition coefficient (Wildman–Crippen LogP) is 3.15. The van der Waals surface area contributed by atoms with Crippen LogP contribution in [0.3, 0.4) is 0 Å². The van der Waals surface area contributed by atoms with Crippen molar-refractivity contribution in [3.63, 3.8) is 0 Å². The predicted molar refractivity (Wildman–Crippen MR) is 98.0 cm³/mol. The molecule has 1 aliphatic carbocycles. The standard InChI is InChI=1S/C20H21N3O3/c24-19(11-16-10-14-4-1-2-7-17(14)26-16)23-18-9-8-15(12-21-18)22-20(25)13-5-3-6-13/h1-2,4,7-9,12-13,16H,3,5-6,10-11H2,(H,22,25)(H,21,23,24). The van der Waals surface area contributed by atoms with Crippen molar-refractivity contribution in [1.82, 2.24) is 4.98 Å². The summed E-state index contributed by atoms with van der Waals surface area (Å²) in [6.07, 6.45) is 5.47. The number of aromatic nitrogens is 1. The van der Waals surface area contributed by atoms with Crippen molar-refractivity contribution in [3.8, 4) is 5.75 Å². The van der Waals surface area contributed by atoms with E-state index in [4.69, 9.17) is 4.74 Å². The molecule has 1 fully saturated rings. The lowest BCUT2D eigenvalue weighted by atomic mass is 9.85. The summed E-state index contributed by atoms with van der Waals surface area (Å²) in [5, 5.41) is 5.64. The number of para-hydroxylation sites is 1. The molecule has 26 heavy (non-hydrogen) atoms. The maximum atomic E-state index is 12.2. The van der Waals surface area contributed by atoms with Crippen LogP contribution in [0.25, 0.3) is 0 Å². The van der Waals surface area contributed by atoms with Gasteiger partial charge in [0, 0.05) is 12.3 Å². The molecule has 0 radical (unpaired) electrons. The van der Waals surface area contributed by atoms with Crippen molar-refractivity contribution in [3.05, 3.63) is 48.2 Å². The van der Waals surface area contributed by atoms with E-state index in [2.05, 4.69) is 15.6 Å². The minimum atomic E-state index is -0.145. The quantitative estimate of drug-likeness (QED) is 0.867. The second-order valence-corrected chi connectivity index (χ2v) is 6.85. The molecule has 1 unspecified atom stereocenters. The Kier molecular flexibility index (Phi) is 4.56. The monoisotopic (exact) mass is 351 g/mol. The average Bonchev–Trinajstić information content (AvgIpc) is 2.97. The molecule has 2 aromatic rings. The fraction of sp³-hybridized carbons (Fsp3) is 0.350. The van der Waals surface area contributed by atoms with Crippen molar-refractivity contribution >= 4 is 23.3 Å². The zero-order valence-electron chi connectivity index (χ0n) is 14.4. The van der Waals surface area contributed by atoms with Crippen molar-refractivity contribution in [2.45, 2.75) is 38.2 Å². The van der Waals surface area contributed by atoms with E-state index >= 15 is 0 Å². The molecule has 1 aromatic heterocycles. The molecule has 0 spiro atoms. The Morgan fingerprint density at radius 1 is 1.12 bits per heavy atom. The summed E-state index contributed by atoms with van der Waals surface area (Å²) in [6, 6.07) is 11.3. The summed E-state index contributed by atoms with van der Waals surface area (Å²) < 4.78 is 5.79. The molecule has 2 N–H and O–H groups in total. The Bertz CT molecular complexity index is 790. The molecule has 2 aliphatic rings. The first kappa shape index (κ1) is 16.6. The lowest BCUT2D eigenvalue weighted by molar-refractivity contribution is -0.122.